The Bertz CT molecular complexity index is 1260. The van der Waals surface area contributed by atoms with Crippen LogP contribution < -0.4 is 39.1 Å². The molecule has 1 aliphatic heterocycles. The van der Waals surface area contributed by atoms with Gasteiger partial charge in [-0.2, -0.15) is 0 Å². The molecule has 2 amide bonds. The standard InChI is InChI=1S/C33H41N3O8/c1-36-20-24(34-30(37)14-10-8-12-22-16-26(39-2)32(43-6)27(17-22)40-3)25(21-36)35-31(38)15-11-9-13-23-18-28(41-4)33(44-7)29(19-23)42-5/h8-19,24-25H,20-21H2,1-7H3,(H,34,37)(H,35,38). The molecule has 11 nitrogen and oxygen atoms in total. The Morgan fingerprint density at radius 3 is 1.25 bits per heavy atom. The van der Waals surface area contributed by atoms with E-state index in [-0.39, 0.29) is 23.9 Å². The molecule has 0 spiro atoms. The molecule has 1 heterocycles. The predicted molar refractivity (Wildman–Crippen MR) is 170 cm³/mol. The van der Waals surface area contributed by atoms with E-state index in [2.05, 4.69) is 15.5 Å². The van der Waals surface area contributed by atoms with E-state index in [4.69, 9.17) is 28.4 Å². The van der Waals surface area contributed by atoms with Crippen LogP contribution in [0, 0.1) is 0 Å². The van der Waals surface area contributed by atoms with Gasteiger partial charge in [-0.3, -0.25) is 9.59 Å². The fraction of sp³-hybridized carbons (Fsp3) is 0.333. The molecular formula is C33H41N3O8. The first-order chi connectivity index (χ1) is 21.3. The van der Waals surface area contributed by atoms with Crippen LogP contribution in [0.3, 0.4) is 0 Å². The van der Waals surface area contributed by atoms with Gasteiger partial charge in [0.1, 0.15) is 0 Å². The van der Waals surface area contributed by atoms with Crippen molar-refractivity contribution in [1.29, 1.82) is 0 Å². The Morgan fingerprint density at radius 2 is 0.955 bits per heavy atom. The van der Waals surface area contributed by atoms with Crippen LogP contribution in [0.15, 0.2) is 60.7 Å². The van der Waals surface area contributed by atoms with Crippen LogP contribution in [0.5, 0.6) is 34.5 Å². The second-order valence-corrected chi connectivity index (χ2v) is 9.81. The highest BCUT2D eigenvalue weighted by molar-refractivity contribution is 5.89. The highest BCUT2D eigenvalue weighted by Crippen LogP contribution is 2.39. The second-order valence-electron chi connectivity index (χ2n) is 9.81. The van der Waals surface area contributed by atoms with Crippen molar-refractivity contribution in [3.8, 4) is 34.5 Å². The maximum atomic E-state index is 12.6. The third kappa shape index (κ3) is 9.05. The maximum absolute atomic E-state index is 12.6. The number of allylic oxidation sites excluding steroid dienone is 4. The molecule has 2 atom stereocenters. The van der Waals surface area contributed by atoms with Crippen molar-refractivity contribution in [2.45, 2.75) is 12.1 Å². The van der Waals surface area contributed by atoms with E-state index in [1.54, 1.807) is 67.0 Å². The lowest BCUT2D eigenvalue weighted by Gasteiger charge is -2.19. The minimum absolute atomic E-state index is 0.247. The molecule has 11 heteroatoms. The summed E-state index contributed by atoms with van der Waals surface area (Å²) in [4.78, 5) is 27.3. The normalized spacial score (nSPS) is 17.0. The Morgan fingerprint density at radius 1 is 0.614 bits per heavy atom. The van der Waals surface area contributed by atoms with Crippen molar-refractivity contribution >= 4 is 24.0 Å². The van der Waals surface area contributed by atoms with Gasteiger partial charge in [0.2, 0.25) is 23.3 Å². The highest BCUT2D eigenvalue weighted by atomic mass is 16.5. The number of likely N-dealkylation sites (tertiary alicyclic amines) is 1. The SMILES string of the molecule is COc1cc(C=CC=CC(=O)NC2CN(C)CC2NC(=O)C=CC=Cc2cc(OC)c(OC)c(OC)c2)cc(OC)c1OC. The zero-order valence-electron chi connectivity index (χ0n) is 26.2. The molecule has 0 bridgehead atoms. The van der Waals surface area contributed by atoms with Crippen molar-refractivity contribution in [2.24, 2.45) is 0 Å². The Labute approximate surface area is 258 Å². The van der Waals surface area contributed by atoms with Crippen LogP contribution in [0.2, 0.25) is 0 Å². The summed E-state index contributed by atoms with van der Waals surface area (Å²) in [5.41, 5.74) is 1.63. The van der Waals surface area contributed by atoms with E-state index in [1.165, 1.54) is 12.2 Å². The zero-order chi connectivity index (χ0) is 32.1. The number of amides is 2. The molecule has 44 heavy (non-hydrogen) atoms. The van der Waals surface area contributed by atoms with Crippen LogP contribution in [0.1, 0.15) is 11.1 Å². The summed E-state index contributed by atoms with van der Waals surface area (Å²) in [6, 6.07) is 6.75. The minimum atomic E-state index is -0.261. The largest absolute Gasteiger partial charge is 0.493 e. The Balaban J connectivity index is 1.56. The van der Waals surface area contributed by atoms with Gasteiger partial charge < -0.3 is 44.0 Å². The third-order valence-electron chi connectivity index (χ3n) is 6.83. The van der Waals surface area contributed by atoms with Crippen molar-refractivity contribution in [3.05, 3.63) is 71.8 Å². The third-order valence-corrected chi connectivity index (χ3v) is 6.83. The fourth-order valence-electron chi connectivity index (χ4n) is 4.77. The first-order valence-electron chi connectivity index (χ1n) is 13.9. The second kappa shape index (κ2) is 16.7. The first-order valence-corrected chi connectivity index (χ1v) is 13.9. The van der Waals surface area contributed by atoms with E-state index < -0.39 is 0 Å². The van der Waals surface area contributed by atoms with Gasteiger partial charge in [0.05, 0.1) is 54.7 Å². The number of hydrogen-bond acceptors (Lipinski definition) is 9. The van der Waals surface area contributed by atoms with Crippen molar-refractivity contribution in [2.75, 3.05) is 62.8 Å². The molecule has 1 aliphatic rings. The smallest absolute Gasteiger partial charge is 0.244 e. The fourth-order valence-corrected chi connectivity index (χ4v) is 4.77. The summed E-state index contributed by atoms with van der Waals surface area (Å²) in [7, 11) is 11.2. The number of benzene rings is 2. The van der Waals surface area contributed by atoms with Gasteiger partial charge in [0.25, 0.3) is 0 Å². The number of carbonyl (C=O) groups excluding carboxylic acids is 2. The number of rotatable bonds is 14. The molecule has 1 fully saturated rings. The number of nitrogens with one attached hydrogen (secondary N) is 2. The lowest BCUT2D eigenvalue weighted by atomic mass is 10.1. The van der Waals surface area contributed by atoms with Gasteiger partial charge in [-0.1, -0.05) is 36.5 Å². The van der Waals surface area contributed by atoms with E-state index in [9.17, 15) is 9.59 Å². The molecule has 2 aromatic rings. The summed E-state index contributed by atoms with van der Waals surface area (Å²) < 4.78 is 32.2. The van der Waals surface area contributed by atoms with Crippen molar-refractivity contribution < 1.29 is 38.0 Å². The monoisotopic (exact) mass is 607 g/mol. The Kier molecular flexibility index (Phi) is 12.7. The van der Waals surface area contributed by atoms with Crippen molar-refractivity contribution in [1.82, 2.24) is 15.5 Å². The van der Waals surface area contributed by atoms with Crippen molar-refractivity contribution in [3.63, 3.8) is 0 Å². The maximum Gasteiger partial charge on any atom is 0.244 e. The van der Waals surface area contributed by atoms with Gasteiger partial charge in [-0.15, -0.1) is 0 Å². The van der Waals surface area contributed by atoms with Crippen LogP contribution in [0.4, 0.5) is 0 Å². The highest BCUT2D eigenvalue weighted by Gasteiger charge is 2.32. The summed E-state index contributed by atoms with van der Waals surface area (Å²) >= 11 is 0. The summed E-state index contributed by atoms with van der Waals surface area (Å²) in [5.74, 6) is 2.64. The minimum Gasteiger partial charge on any atom is -0.493 e. The number of carbonyl (C=O) groups is 2. The molecule has 1 saturated heterocycles. The first kappa shape index (κ1) is 33.6. The Hall–Kier alpha value is -4.90. The van der Waals surface area contributed by atoms with Gasteiger partial charge in [0, 0.05) is 25.2 Å². The molecule has 2 N–H and O–H groups in total. The van der Waals surface area contributed by atoms with Gasteiger partial charge in [0.15, 0.2) is 23.0 Å². The van der Waals surface area contributed by atoms with E-state index in [0.29, 0.717) is 47.6 Å². The van der Waals surface area contributed by atoms with Gasteiger partial charge in [-0.25, -0.2) is 0 Å². The molecule has 236 valence electrons. The molecule has 0 radical (unpaired) electrons. The predicted octanol–water partition coefficient (Wildman–Crippen LogP) is 3.49. The van der Waals surface area contributed by atoms with E-state index in [0.717, 1.165) is 11.1 Å². The quantitative estimate of drug-likeness (QED) is 0.246. The topological polar surface area (TPSA) is 117 Å². The molecule has 0 saturated carbocycles. The molecule has 2 aromatic carbocycles. The lowest BCUT2D eigenvalue weighted by Crippen LogP contribution is -2.50. The number of hydrogen-bond donors (Lipinski definition) is 2. The molecule has 2 unspecified atom stereocenters. The summed E-state index contributed by atoms with van der Waals surface area (Å²) in [5, 5.41) is 5.98. The van der Waals surface area contributed by atoms with Crippen LogP contribution in [0.25, 0.3) is 12.2 Å². The van der Waals surface area contributed by atoms with Crippen LogP contribution >= 0.6 is 0 Å². The number of nitrogens with zero attached hydrogens (tertiary/aromatic N) is 1. The molecule has 0 aliphatic carbocycles. The van der Waals surface area contributed by atoms with Gasteiger partial charge in [-0.05, 0) is 42.4 Å². The van der Waals surface area contributed by atoms with E-state index >= 15 is 0 Å². The lowest BCUT2D eigenvalue weighted by molar-refractivity contribution is -0.119. The molecular weight excluding hydrogens is 566 g/mol. The average molecular weight is 608 g/mol. The molecule has 3 rings (SSSR count). The number of likely N-dealkylation sites (N-methyl/N-ethyl adjacent to an activating group) is 1. The average Bonchev–Trinajstić information content (AvgIpc) is 3.37. The number of ether oxygens (including phenoxy) is 6. The summed E-state index contributed by atoms with van der Waals surface area (Å²) in [6.07, 6.45) is 13.3. The van der Waals surface area contributed by atoms with E-state index in [1.807, 2.05) is 43.5 Å². The van der Waals surface area contributed by atoms with Crippen LogP contribution in [-0.4, -0.2) is 91.6 Å². The number of methoxy groups -OCH3 is 6. The summed E-state index contributed by atoms with van der Waals surface area (Å²) in [6.45, 7) is 1.22. The van der Waals surface area contributed by atoms with Gasteiger partial charge >= 0.3 is 0 Å². The van der Waals surface area contributed by atoms with Crippen LogP contribution in [-0.2, 0) is 9.59 Å². The zero-order valence-corrected chi connectivity index (χ0v) is 26.2. The molecule has 0 aromatic heterocycles.